The number of benzene rings is 1. The molecular formula is C19H25NO4S. The molecule has 2 rings (SSSR count). The number of rotatable bonds is 7. The van der Waals surface area contributed by atoms with E-state index in [0.29, 0.717) is 32.2 Å². The molecule has 1 saturated heterocycles. The minimum absolute atomic E-state index is 0.0223. The Bertz CT molecular complexity index is 711. The summed E-state index contributed by atoms with van der Waals surface area (Å²) in [5.41, 5.74) is 1.00. The first-order valence-electron chi connectivity index (χ1n) is 8.51. The minimum atomic E-state index is -3.42. The van der Waals surface area contributed by atoms with E-state index in [1.54, 1.807) is 29.2 Å². The number of sulfone groups is 1. The van der Waals surface area contributed by atoms with Gasteiger partial charge >= 0.3 is 0 Å². The van der Waals surface area contributed by atoms with E-state index in [1.165, 1.54) is 0 Å². The molecule has 0 N–H and O–H groups in total. The summed E-state index contributed by atoms with van der Waals surface area (Å²) in [4.78, 5) is 14.3. The van der Waals surface area contributed by atoms with E-state index in [-0.39, 0.29) is 23.0 Å². The predicted molar refractivity (Wildman–Crippen MR) is 96.8 cm³/mol. The summed E-state index contributed by atoms with van der Waals surface area (Å²) in [6.07, 6.45) is 6.89. The maximum absolute atomic E-state index is 12.3. The first-order valence-corrected chi connectivity index (χ1v) is 10.2. The van der Waals surface area contributed by atoms with Crippen molar-refractivity contribution in [3.8, 4) is 12.3 Å². The molecule has 0 saturated carbocycles. The average Bonchev–Trinajstić information content (AvgIpc) is 2.61. The van der Waals surface area contributed by atoms with Crippen molar-refractivity contribution in [3.05, 3.63) is 29.8 Å². The lowest BCUT2D eigenvalue weighted by molar-refractivity contribution is -0.132. The van der Waals surface area contributed by atoms with Gasteiger partial charge in [-0.2, -0.15) is 0 Å². The molecule has 0 radical (unpaired) electrons. The number of terminal acetylenes is 1. The van der Waals surface area contributed by atoms with Gasteiger partial charge in [-0.15, -0.1) is 6.42 Å². The minimum Gasteiger partial charge on any atom is -0.369 e. The lowest BCUT2D eigenvalue weighted by atomic mass is 9.97. The van der Waals surface area contributed by atoms with Crippen molar-refractivity contribution in [2.75, 3.05) is 32.1 Å². The molecule has 25 heavy (non-hydrogen) atoms. The fraction of sp³-hybridized carbons (Fsp3) is 0.526. The SMILES string of the molecule is C#CCOCC1CCN(C(=O)CCS(=O)(=O)c2ccc(C)cc2)CC1. The van der Waals surface area contributed by atoms with Crippen LogP contribution in [-0.2, 0) is 19.4 Å². The number of likely N-dealkylation sites (tertiary alicyclic amines) is 1. The summed E-state index contributed by atoms with van der Waals surface area (Å²) in [7, 11) is -3.42. The average molecular weight is 363 g/mol. The monoisotopic (exact) mass is 363 g/mol. The van der Waals surface area contributed by atoms with Crippen molar-refractivity contribution in [2.24, 2.45) is 5.92 Å². The Kier molecular flexibility index (Phi) is 7.03. The maximum atomic E-state index is 12.3. The van der Waals surface area contributed by atoms with Crippen LogP contribution in [0, 0.1) is 25.2 Å². The predicted octanol–water partition coefficient (Wildman–Crippen LogP) is 2.05. The molecular weight excluding hydrogens is 338 g/mol. The van der Waals surface area contributed by atoms with Crippen LogP contribution >= 0.6 is 0 Å². The van der Waals surface area contributed by atoms with E-state index >= 15 is 0 Å². The fourth-order valence-electron chi connectivity index (χ4n) is 2.88. The topological polar surface area (TPSA) is 63.7 Å². The van der Waals surface area contributed by atoms with Crippen LogP contribution in [0.25, 0.3) is 0 Å². The van der Waals surface area contributed by atoms with Gasteiger partial charge in [-0.1, -0.05) is 23.6 Å². The second-order valence-corrected chi connectivity index (χ2v) is 8.53. The van der Waals surface area contributed by atoms with Gasteiger partial charge in [0, 0.05) is 19.5 Å². The zero-order valence-corrected chi connectivity index (χ0v) is 15.4. The molecule has 0 aliphatic carbocycles. The van der Waals surface area contributed by atoms with Crippen molar-refractivity contribution in [2.45, 2.75) is 31.1 Å². The van der Waals surface area contributed by atoms with Crippen LogP contribution in [0.4, 0.5) is 0 Å². The number of carbonyl (C=O) groups excluding carboxylic acids is 1. The Morgan fingerprint density at radius 2 is 1.92 bits per heavy atom. The van der Waals surface area contributed by atoms with Crippen LogP contribution in [0.1, 0.15) is 24.8 Å². The molecule has 1 heterocycles. The number of amides is 1. The summed E-state index contributed by atoms with van der Waals surface area (Å²) in [5, 5.41) is 0. The zero-order chi connectivity index (χ0) is 18.3. The molecule has 5 nitrogen and oxygen atoms in total. The standard InChI is InChI=1S/C19H25NO4S/c1-3-13-24-15-17-8-11-20(12-9-17)19(21)10-14-25(22,23)18-6-4-16(2)5-7-18/h1,4-7,17H,8-15H2,2H3. The molecule has 1 aliphatic heterocycles. The molecule has 1 amide bonds. The Labute approximate surface area is 150 Å². The number of ether oxygens (including phenoxy) is 1. The molecule has 136 valence electrons. The van der Waals surface area contributed by atoms with E-state index in [9.17, 15) is 13.2 Å². The van der Waals surface area contributed by atoms with Crippen molar-refractivity contribution in [1.82, 2.24) is 4.90 Å². The quantitative estimate of drug-likeness (QED) is 0.549. The van der Waals surface area contributed by atoms with Gasteiger partial charge in [0.15, 0.2) is 9.84 Å². The summed E-state index contributed by atoms with van der Waals surface area (Å²) in [6, 6.07) is 6.72. The summed E-state index contributed by atoms with van der Waals surface area (Å²) in [5.74, 6) is 2.60. The van der Waals surface area contributed by atoms with Crippen molar-refractivity contribution >= 4 is 15.7 Å². The number of nitrogens with zero attached hydrogens (tertiary/aromatic N) is 1. The first kappa shape index (κ1) is 19.5. The third-order valence-electron chi connectivity index (χ3n) is 4.47. The number of aryl methyl sites for hydroxylation is 1. The normalized spacial score (nSPS) is 15.8. The highest BCUT2D eigenvalue weighted by Crippen LogP contribution is 2.19. The molecule has 6 heteroatoms. The summed E-state index contributed by atoms with van der Waals surface area (Å²) in [6.45, 7) is 4.13. The van der Waals surface area contributed by atoms with Crippen LogP contribution in [0.2, 0.25) is 0 Å². The lowest BCUT2D eigenvalue weighted by Crippen LogP contribution is -2.40. The smallest absolute Gasteiger partial charge is 0.223 e. The Balaban J connectivity index is 1.79. The highest BCUT2D eigenvalue weighted by atomic mass is 32.2. The van der Waals surface area contributed by atoms with Crippen LogP contribution in [0.3, 0.4) is 0 Å². The fourth-order valence-corrected chi connectivity index (χ4v) is 4.11. The largest absolute Gasteiger partial charge is 0.369 e. The molecule has 0 bridgehead atoms. The van der Waals surface area contributed by atoms with Crippen LogP contribution < -0.4 is 0 Å². The lowest BCUT2D eigenvalue weighted by Gasteiger charge is -2.31. The van der Waals surface area contributed by atoms with Crippen LogP contribution in [0.5, 0.6) is 0 Å². The van der Waals surface area contributed by atoms with Crippen LogP contribution in [0.15, 0.2) is 29.2 Å². The summed E-state index contributed by atoms with van der Waals surface area (Å²) < 4.78 is 30.0. The van der Waals surface area contributed by atoms with Gasteiger partial charge in [0.1, 0.15) is 6.61 Å². The van der Waals surface area contributed by atoms with E-state index in [1.807, 2.05) is 6.92 Å². The first-order chi connectivity index (χ1) is 11.9. The molecule has 0 atom stereocenters. The maximum Gasteiger partial charge on any atom is 0.223 e. The van der Waals surface area contributed by atoms with E-state index < -0.39 is 9.84 Å². The van der Waals surface area contributed by atoms with E-state index in [0.717, 1.165) is 18.4 Å². The Hall–Kier alpha value is -1.84. The third kappa shape index (κ3) is 5.87. The molecule has 1 aliphatic rings. The van der Waals surface area contributed by atoms with Gasteiger partial charge in [0.05, 0.1) is 17.3 Å². The molecule has 0 aromatic heterocycles. The number of piperidine rings is 1. The van der Waals surface area contributed by atoms with Crippen LogP contribution in [-0.4, -0.2) is 51.3 Å². The molecule has 0 unspecified atom stereocenters. The molecule has 1 fully saturated rings. The number of hydrogen-bond donors (Lipinski definition) is 0. The van der Waals surface area contributed by atoms with Crippen molar-refractivity contribution in [3.63, 3.8) is 0 Å². The Morgan fingerprint density at radius 1 is 1.28 bits per heavy atom. The van der Waals surface area contributed by atoms with E-state index in [4.69, 9.17) is 11.2 Å². The van der Waals surface area contributed by atoms with Gasteiger partial charge in [-0.3, -0.25) is 4.79 Å². The van der Waals surface area contributed by atoms with Crippen molar-refractivity contribution in [1.29, 1.82) is 0 Å². The zero-order valence-electron chi connectivity index (χ0n) is 14.6. The molecule has 0 spiro atoms. The van der Waals surface area contributed by atoms with Gasteiger partial charge in [0.2, 0.25) is 5.91 Å². The van der Waals surface area contributed by atoms with Gasteiger partial charge < -0.3 is 9.64 Å². The third-order valence-corrected chi connectivity index (χ3v) is 6.20. The Morgan fingerprint density at radius 3 is 2.52 bits per heavy atom. The van der Waals surface area contributed by atoms with Gasteiger partial charge in [-0.25, -0.2) is 8.42 Å². The highest BCUT2D eigenvalue weighted by Gasteiger charge is 2.24. The molecule has 1 aromatic carbocycles. The number of carbonyl (C=O) groups is 1. The van der Waals surface area contributed by atoms with Gasteiger partial charge in [-0.05, 0) is 37.8 Å². The molecule has 1 aromatic rings. The summed E-state index contributed by atoms with van der Waals surface area (Å²) >= 11 is 0. The van der Waals surface area contributed by atoms with E-state index in [2.05, 4.69) is 5.92 Å². The van der Waals surface area contributed by atoms with Gasteiger partial charge in [0.25, 0.3) is 0 Å². The highest BCUT2D eigenvalue weighted by molar-refractivity contribution is 7.91. The second kappa shape index (κ2) is 9.02. The van der Waals surface area contributed by atoms with Crippen molar-refractivity contribution < 1.29 is 17.9 Å². The second-order valence-electron chi connectivity index (χ2n) is 6.43. The number of hydrogen-bond acceptors (Lipinski definition) is 4.